The van der Waals surface area contributed by atoms with Crippen molar-refractivity contribution in [3.8, 4) is 5.75 Å². The minimum Gasteiger partial charge on any atom is -0.508 e. The van der Waals surface area contributed by atoms with E-state index in [1.54, 1.807) is 30.3 Å². The van der Waals surface area contributed by atoms with Crippen LogP contribution in [0.3, 0.4) is 0 Å². The van der Waals surface area contributed by atoms with Gasteiger partial charge in [0.2, 0.25) is 5.91 Å². The summed E-state index contributed by atoms with van der Waals surface area (Å²) in [6.07, 6.45) is 1.84. The van der Waals surface area contributed by atoms with Gasteiger partial charge in [0.05, 0.1) is 4.91 Å². The van der Waals surface area contributed by atoms with Crippen molar-refractivity contribution in [2.24, 2.45) is 0 Å². The SMILES string of the molecule is Cc1ccc(NC(=O)CCN2C(=O)/C(=C/c3cccc(O)c3)SC2=S)cc1. The molecular weight excluding hydrogens is 380 g/mol. The van der Waals surface area contributed by atoms with E-state index in [-0.39, 0.29) is 30.5 Å². The summed E-state index contributed by atoms with van der Waals surface area (Å²) in [5.41, 5.74) is 2.55. The van der Waals surface area contributed by atoms with Gasteiger partial charge in [-0.1, -0.05) is 53.8 Å². The smallest absolute Gasteiger partial charge is 0.266 e. The fourth-order valence-corrected chi connectivity index (χ4v) is 3.84. The van der Waals surface area contributed by atoms with E-state index in [2.05, 4.69) is 5.32 Å². The molecule has 2 amide bonds. The molecule has 0 spiro atoms. The van der Waals surface area contributed by atoms with Gasteiger partial charge < -0.3 is 10.4 Å². The highest BCUT2D eigenvalue weighted by molar-refractivity contribution is 8.26. The van der Waals surface area contributed by atoms with Crippen LogP contribution in [0.5, 0.6) is 5.75 Å². The van der Waals surface area contributed by atoms with Crippen LogP contribution in [0.15, 0.2) is 53.4 Å². The van der Waals surface area contributed by atoms with E-state index in [1.165, 1.54) is 16.7 Å². The Bertz CT molecular complexity index is 923. The topological polar surface area (TPSA) is 69.6 Å². The van der Waals surface area contributed by atoms with Crippen LogP contribution in [-0.2, 0) is 9.59 Å². The largest absolute Gasteiger partial charge is 0.508 e. The average molecular weight is 399 g/mol. The standard InChI is InChI=1S/C20H18N2O3S2/c1-13-5-7-15(8-6-13)21-18(24)9-10-22-19(25)17(27-20(22)26)12-14-3-2-4-16(23)11-14/h2-8,11-12,23H,9-10H2,1H3,(H,21,24)/b17-12-. The van der Waals surface area contributed by atoms with Crippen molar-refractivity contribution in [3.63, 3.8) is 0 Å². The number of phenols is 1. The maximum atomic E-state index is 12.6. The summed E-state index contributed by atoms with van der Waals surface area (Å²) in [4.78, 5) is 26.6. The first kappa shape index (κ1) is 19.1. The zero-order chi connectivity index (χ0) is 19.4. The molecule has 0 aliphatic carbocycles. The number of anilines is 1. The molecule has 1 saturated heterocycles. The van der Waals surface area contributed by atoms with Gasteiger partial charge in [0.15, 0.2) is 0 Å². The Morgan fingerprint density at radius 2 is 2.00 bits per heavy atom. The summed E-state index contributed by atoms with van der Waals surface area (Å²) in [7, 11) is 0. The van der Waals surface area contributed by atoms with E-state index in [1.807, 2.05) is 31.2 Å². The molecule has 138 valence electrons. The molecule has 0 atom stereocenters. The predicted octanol–water partition coefficient (Wildman–Crippen LogP) is 3.93. The third-order valence-corrected chi connectivity index (χ3v) is 5.32. The molecule has 7 heteroatoms. The monoisotopic (exact) mass is 398 g/mol. The van der Waals surface area contributed by atoms with Crippen molar-refractivity contribution in [2.45, 2.75) is 13.3 Å². The van der Waals surface area contributed by atoms with Gasteiger partial charge >= 0.3 is 0 Å². The molecule has 0 unspecified atom stereocenters. The van der Waals surface area contributed by atoms with Crippen molar-refractivity contribution in [3.05, 3.63) is 64.6 Å². The molecule has 0 saturated carbocycles. The summed E-state index contributed by atoms with van der Waals surface area (Å²) < 4.78 is 0.425. The van der Waals surface area contributed by atoms with Gasteiger partial charge in [0.25, 0.3) is 5.91 Å². The Kier molecular flexibility index (Phi) is 5.93. The lowest BCUT2D eigenvalue weighted by Gasteiger charge is -2.14. The number of benzene rings is 2. The van der Waals surface area contributed by atoms with E-state index >= 15 is 0 Å². The van der Waals surface area contributed by atoms with Gasteiger partial charge in [0, 0.05) is 18.7 Å². The Morgan fingerprint density at radius 3 is 2.70 bits per heavy atom. The number of aromatic hydroxyl groups is 1. The zero-order valence-electron chi connectivity index (χ0n) is 14.6. The number of thiocarbonyl (C=S) groups is 1. The number of carbonyl (C=O) groups is 2. The molecule has 1 aliphatic heterocycles. The molecule has 0 aromatic heterocycles. The number of nitrogens with zero attached hydrogens (tertiary/aromatic N) is 1. The fraction of sp³-hybridized carbons (Fsp3) is 0.150. The Labute approximate surface area is 167 Å². The van der Waals surface area contributed by atoms with E-state index in [0.717, 1.165) is 11.3 Å². The van der Waals surface area contributed by atoms with Crippen LogP contribution in [0, 0.1) is 6.92 Å². The lowest BCUT2D eigenvalue weighted by atomic mass is 10.2. The first-order valence-electron chi connectivity index (χ1n) is 8.33. The van der Waals surface area contributed by atoms with Crippen molar-refractivity contribution >= 4 is 51.9 Å². The van der Waals surface area contributed by atoms with Crippen molar-refractivity contribution in [2.75, 3.05) is 11.9 Å². The number of aryl methyl sites for hydroxylation is 1. The Hall–Kier alpha value is -2.64. The molecule has 1 aliphatic rings. The second-order valence-electron chi connectivity index (χ2n) is 6.09. The number of carbonyl (C=O) groups excluding carboxylic acids is 2. The summed E-state index contributed by atoms with van der Waals surface area (Å²) >= 11 is 6.47. The highest BCUT2D eigenvalue weighted by Crippen LogP contribution is 2.33. The summed E-state index contributed by atoms with van der Waals surface area (Å²) in [5.74, 6) is -0.270. The van der Waals surface area contributed by atoms with Crippen molar-refractivity contribution in [1.29, 1.82) is 0 Å². The first-order chi connectivity index (χ1) is 12.9. The summed E-state index contributed by atoms with van der Waals surface area (Å²) in [6, 6.07) is 14.2. The third kappa shape index (κ3) is 4.96. The molecule has 1 heterocycles. The second-order valence-corrected chi connectivity index (χ2v) is 7.77. The van der Waals surface area contributed by atoms with Gasteiger partial charge in [-0.3, -0.25) is 14.5 Å². The van der Waals surface area contributed by atoms with Gasteiger partial charge in [-0.2, -0.15) is 0 Å². The van der Waals surface area contributed by atoms with Crippen LogP contribution in [-0.4, -0.2) is 32.7 Å². The number of nitrogens with one attached hydrogen (secondary N) is 1. The summed E-state index contributed by atoms with van der Waals surface area (Å²) in [5, 5.41) is 12.3. The fourth-order valence-electron chi connectivity index (χ4n) is 2.53. The van der Waals surface area contributed by atoms with Crippen LogP contribution in [0.2, 0.25) is 0 Å². The number of hydrogen-bond donors (Lipinski definition) is 2. The van der Waals surface area contributed by atoms with Crippen LogP contribution in [0.4, 0.5) is 5.69 Å². The summed E-state index contributed by atoms with van der Waals surface area (Å²) in [6.45, 7) is 2.20. The number of phenolic OH excluding ortho intramolecular Hbond substituents is 1. The van der Waals surface area contributed by atoms with Crippen LogP contribution >= 0.6 is 24.0 Å². The molecule has 27 heavy (non-hydrogen) atoms. The van der Waals surface area contributed by atoms with E-state index in [0.29, 0.717) is 14.8 Å². The highest BCUT2D eigenvalue weighted by atomic mass is 32.2. The lowest BCUT2D eigenvalue weighted by Crippen LogP contribution is -2.31. The van der Waals surface area contributed by atoms with Gasteiger partial charge in [-0.25, -0.2) is 0 Å². The molecule has 2 aromatic rings. The van der Waals surface area contributed by atoms with Gasteiger partial charge in [-0.15, -0.1) is 0 Å². The number of hydrogen-bond acceptors (Lipinski definition) is 5. The second kappa shape index (κ2) is 8.37. The zero-order valence-corrected chi connectivity index (χ0v) is 16.3. The van der Waals surface area contributed by atoms with E-state index in [9.17, 15) is 14.7 Å². The van der Waals surface area contributed by atoms with Crippen molar-refractivity contribution < 1.29 is 14.7 Å². The highest BCUT2D eigenvalue weighted by Gasteiger charge is 2.32. The molecular formula is C20H18N2O3S2. The van der Waals surface area contributed by atoms with E-state index < -0.39 is 0 Å². The third-order valence-electron chi connectivity index (χ3n) is 3.94. The quantitative estimate of drug-likeness (QED) is 0.590. The van der Waals surface area contributed by atoms with Crippen LogP contribution < -0.4 is 5.32 Å². The van der Waals surface area contributed by atoms with Crippen LogP contribution in [0.25, 0.3) is 6.08 Å². The van der Waals surface area contributed by atoms with Crippen LogP contribution in [0.1, 0.15) is 17.5 Å². The molecule has 3 rings (SSSR count). The molecule has 1 fully saturated rings. The normalized spacial score (nSPS) is 15.4. The first-order valence-corrected chi connectivity index (χ1v) is 9.56. The minimum atomic E-state index is -0.225. The average Bonchev–Trinajstić information content (AvgIpc) is 2.88. The van der Waals surface area contributed by atoms with Gasteiger partial charge in [0.1, 0.15) is 10.1 Å². The number of thioether (sulfide) groups is 1. The molecule has 0 bridgehead atoms. The predicted molar refractivity (Wildman–Crippen MR) is 112 cm³/mol. The lowest BCUT2D eigenvalue weighted by molar-refractivity contribution is -0.122. The molecule has 2 N–H and O–H groups in total. The Balaban J connectivity index is 1.60. The van der Waals surface area contributed by atoms with Crippen molar-refractivity contribution in [1.82, 2.24) is 4.90 Å². The molecule has 2 aromatic carbocycles. The molecule has 0 radical (unpaired) electrons. The minimum absolute atomic E-state index is 0.131. The Morgan fingerprint density at radius 1 is 1.26 bits per heavy atom. The van der Waals surface area contributed by atoms with Gasteiger partial charge in [-0.05, 0) is 42.8 Å². The maximum absolute atomic E-state index is 12.6. The van der Waals surface area contributed by atoms with E-state index in [4.69, 9.17) is 12.2 Å². The molecule has 5 nitrogen and oxygen atoms in total. The number of amides is 2. The number of rotatable bonds is 5. The maximum Gasteiger partial charge on any atom is 0.266 e.